The molecule has 0 aliphatic heterocycles. The fourth-order valence-corrected chi connectivity index (χ4v) is 4.87. The summed E-state index contributed by atoms with van der Waals surface area (Å²) in [6.45, 7) is 0. The summed E-state index contributed by atoms with van der Waals surface area (Å²) in [6, 6.07) is 6.79. The maximum Gasteiger partial charge on any atom is 0.271 e. The van der Waals surface area contributed by atoms with Crippen LogP contribution >= 0.6 is 0 Å². The lowest BCUT2D eigenvalue weighted by molar-refractivity contribution is 0.548. The Morgan fingerprint density at radius 1 is 1.00 bits per heavy atom. The maximum atomic E-state index is 14.1. The number of aryl methyl sites for hydroxylation is 1. The first kappa shape index (κ1) is 20.7. The van der Waals surface area contributed by atoms with Gasteiger partial charge < -0.3 is 10.3 Å². The predicted molar refractivity (Wildman–Crippen MR) is 116 cm³/mol. The fourth-order valence-electron chi connectivity index (χ4n) is 3.42. The zero-order valence-corrected chi connectivity index (χ0v) is 17.7. The number of hydrogen-bond donors (Lipinski definition) is 2. The molecule has 0 unspecified atom stereocenters. The van der Waals surface area contributed by atoms with Gasteiger partial charge in [-0.2, -0.15) is 4.98 Å². The quantitative estimate of drug-likeness (QED) is 0.389. The molecular weight excluding hydrogens is 454 g/mol. The minimum Gasteiger partial charge on any atom is -0.346 e. The Bertz CT molecular complexity index is 1730. The SMILES string of the molecule is Cn1c(=O)c(S(=O)(=O)c2ccc(F)cc2F)cc2cnc(Nc3cnc4[nH]ccc4c3)nc21. The van der Waals surface area contributed by atoms with Gasteiger partial charge in [0.25, 0.3) is 5.56 Å². The number of pyridine rings is 2. The number of nitrogens with zero attached hydrogens (tertiary/aromatic N) is 4. The first-order valence-corrected chi connectivity index (χ1v) is 11.0. The number of nitrogens with one attached hydrogen (secondary N) is 2. The largest absolute Gasteiger partial charge is 0.346 e. The van der Waals surface area contributed by atoms with Gasteiger partial charge in [0.2, 0.25) is 15.8 Å². The molecule has 166 valence electrons. The molecule has 12 heteroatoms. The summed E-state index contributed by atoms with van der Waals surface area (Å²) < 4.78 is 54.3. The summed E-state index contributed by atoms with van der Waals surface area (Å²) in [5.74, 6) is -2.06. The monoisotopic (exact) mass is 468 g/mol. The van der Waals surface area contributed by atoms with E-state index in [2.05, 4.69) is 25.3 Å². The smallest absolute Gasteiger partial charge is 0.271 e. The van der Waals surface area contributed by atoms with E-state index < -0.39 is 36.8 Å². The molecule has 0 atom stereocenters. The summed E-state index contributed by atoms with van der Waals surface area (Å²) in [5, 5.41) is 4.10. The summed E-state index contributed by atoms with van der Waals surface area (Å²) in [6.07, 6.45) is 4.68. The van der Waals surface area contributed by atoms with E-state index in [9.17, 15) is 22.0 Å². The van der Waals surface area contributed by atoms with Gasteiger partial charge in [-0.05, 0) is 30.3 Å². The molecule has 2 N–H and O–H groups in total. The number of rotatable bonds is 4. The number of anilines is 2. The zero-order chi connectivity index (χ0) is 23.3. The molecule has 0 aliphatic rings. The molecule has 9 nitrogen and oxygen atoms in total. The highest BCUT2D eigenvalue weighted by Gasteiger charge is 2.27. The van der Waals surface area contributed by atoms with Crippen molar-refractivity contribution >= 4 is 43.5 Å². The molecule has 0 saturated carbocycles. The Morgan fingerprint density at radius 2 is 1.82 bits per heavy atom. The zero-order valence-electron chi connectivity index (χ0n) is 16.9. The third kappa shape index (κ3) is 3.49. The Hall–Kier alpha value is -4.19. The van der Waals surface area contributed by atoms with Gasteiger partial charge in [-0.15, -0.1) is 0 Å². The van der Waals surface area contributed by atoms with Gasteiger partial charge in [0, 0.05) is 36.3 Å². The first-order chi connectivity index (χ1) is 15.7. The summed E-state index contributed by atoms with van der Waals surface area (Å²) in [5.41, 5.74) is 0.573. The van der Waals surface area contributed by atoms with Crippen LogP contribution in [0.5, 0.6) is 0 Å². The minimum absolute atomic E-state index is 0.159. The number of aromatic nitrogens is 5. The highest BCUT2D eigenvalue weighted by molar-refractivity contribution is 7.91. The lowest BCUT2D eigenvalue weighted by Gasteiger charge is -2.11. The third-order valence-corrected chi connectivity index (χ3v) is 6.83. The molecule has 33 heavy (non-hydrogen) atoms. The van der Waals surface area contributed by atoms with Gasteiger partial charge in [-0.25, -0.2) is 27.2 Å². The van der Waals surface area contributed by atoms with Crippen LogP contribution in [0.2, 0.25) is 0 Å². The van der Waals surface area contributed by atoms with Crippen LogP contribution in [0, 0.1) is 11.6 Å². The van der Waals surface area contributed by atoms with E-state index in [1.807, 2.05) is 12.1 Å². The lowest BCUT2D eigenvalue weighted by Crippen LogP contribution is -2.25. The van der Waals surface area contributed by atoms with Gasteiger partial charge in [0.05, 0.1) is 11.9 Å². The Balaban J connectivity index is 1.58. The summed E-state index contributed by atoms with van der Waals surface area (Å²) in [4.78, 5) is 27.1. The Kier molecular flexibility index (Phi) is 4.67. The van der Waals surface area contributed by atoms with Crippen LogP contribution in [0.15, 0.2) is 69.6 Å². The van der Waals surface area contributed by atoms with Crippen molar-refractivity contribution in [3.8, 4) is 0 Å². The van der Waals surface area contributed by atoms with Crippen molar-refractivity contribution < 1.29 is 17.2 Å². The Morgan fingerprint density at radius 3 is 2.61 bits per heavy atom. The van der Waals surface area contributed by atoms with E-state index in [1.54, 1.807) is 12.4 Å². The molecule has 0 spiro atoms. The normalized spacial score (nSPS) is 11.8. The second-order valence-electron chi connectivity index (χ2n) is 7.19. The van der Waals surface area contributed by atoms with Gasteiger partial charge >= 0.3 is 0 Å². The van der Waals surface area contributed by atoms with Crippen molar-refractivity contribution in [1.29, 1.82) is 0 Å². The highest BCUT2D eigenvalue weighted by atomic mass is 32.2. The van der Waals surface area contributed by atoms with Crippen molar-refractivity contribution in [2.75, 3.05) is 5.32 Å². The fraction of sp³-hybridized carbons (Fsp3) is 0.0476. The Labute approximate surface area is 184 Å². The van der Waals surface area contributed by atoms with Crippen LogP contribution in [-0.4, -0.2) is 32.9 Å². The van der Waals surface area contributed by atoms with Crippen LogP contribution in [0.4, 0.5) is 20.4 Å². The number of sulfone groups is 1. The molecule has 5 rings (SSSR count). The van der Waals surface area contributed by atoms with E-state index in [-0.39, 0.29) is 17.0 Å². The molecule has 0 radical (unpaired) electrons. The van der Waals surface area contributed by atoms with E-state index in [0.717, 1.165) is 28.2 Å². The second kappa shape index (κ2) is 7.45. The molecule has 0 saturated heterocycles. The molecule has 4 heterocycles. The lowest BCUT2D eigenvalue weighted by atomic mass is 10.3. The molecule has 0 fully saturated rings. The third-order valence-electron chi connectivity index (χ3n) is 5.04. The van der Waals surface area contributed by atoms with Crippen molar-refractivity contribution in [2.24, 2.45) is 7.05 Å². The number of aromatic amines is 1. The van der Waals surface area contributed by atoms with Crippen LogP contribution in [0.3, 0.4) is 0 Å². The van der Waals surface area contributed by atoms with Crippen LogP contribution in [0.1, 0.15) is 0 Å². The number of benzene rings is 1. The van der Waals surface area contributed by atoms with Gasteiger partial charge in [-0.1, -0.05) is 0 Å². The molecule has 4 aromatic heterocycles. The van der Waals surface area contributed by atoms with E-state index in [1.165, 1.54) is 13.2 Å². The molecule has 0 aliphatic carbocycles. The molecule has 5 aromatic rings. The summed E-state index contributed by atoms with van der Waals surface area (Å²) in [7, 11) is -3.22. The maximum absolute atomic E-state index is 14.1. The number of H-pyrrole nitrogens is 1. The minimum atomic E-state index is -4.56. The highest BCUT2D eigenvalue weighted by Crippen LogP contribution is 2.25. The van der Waals surface area contributed by atoms with Crippen LogP contribution < -0.4 is 10.9 Å². The van der Waals surface area contributed by atoms with E-state index in [0.29, 0.717) is 17.4 Å². The van der Waals surface area contributed by atoms with Gasteiger partial charge in [0.1, 0.15) is 32.7 Å². The average molecular weight is 468 g/mol. The molecule has 0 amide bonds. The van der Waals surface area contributed by atoms with Crippen molar-refractivity contribution in [3.63, 3.8) is 0 Å². The topological polar surface area (TPSA) is 123 Å². The standard InChI is InChI=1S/C21H14F2N6O3S/c1-29-19-12(7-17(20(29)30)33(31,32)16-3-2-13(22)8-15(16)23)9-26-21(28-19)27-14-6-11-4-5-24-18(11)25-10-14/h2-10H,1H3,(H,24,25)(H,26,27,28). The van der Waals surface area contributed by atoms with E-state index in [4.69, 9.17) is 0 Å². The summed E-state index contributed by atoms with van der Waals surface area (Å²) >= 11 is 0. The predicted octanol–water partition coefficient (Wildman–Crippen LogP) is 3.06. The molecule has 1 aromatic carbocycles. The van der Waals surface area contributed by atoms with Crippen molar-refractivity contribution in [2.45, 2.75) is 9.79 Å². The number of halogens is 2. The van der Waals surface area contributed by atoms with Gasteiger partial charge in [-0.3, -0.25) is 9.36 Å². The second-order valence-corrected chi connectivity index (χ2v) is 9.07. The first-order valence-electron chi connectivity index (χ1n) is 9.51. The average Bonchev–Trinajstić information content (AvgIpc) is 3.24. The van der Waals surface area contributed by atoms with Crippen LogP contribution in [-0.2, 0) is 16.9 Å². The van der Waals surface area contributed by atoms with Crippen LogP contribution in [0.25, 0.3) is 22.1 Å². The molecular formula is C21H14F2N6O3S. The number of fused-ring (bicyclic) bond motifs is 2. The van der Waals surface area contributed by atoms with Crippen molar-refractivity contribution in [1.82, 2.24) is 24.5 Å². The molecule has 0 bridgehead atoms. The van der Waals surface area contributed by atoms with E-state index >= 15 is 0 Å². The van der Waals surface area contributed by atoms with Crippen molar-refractivity contribution in [3.05, 3.63) is 77.0 Å². The number of hydrogen-bond acceptors (Lipinski definition) is 7. The van der Waals surface area contributed by atoms with Gasteiger partial charge in [0.15, 0.2) is 0 Å².